The van der Waals surface area contributed by atoms with Gasteiger partial charge in [-0.15, -0.1) is 0 Å². The molecule has 1 amide bonds. The number of aromatic nitrogens is 2. The second-order valence-corrected chi connectivity index (χ2v) is 8.50. The lowest BCUT2D eigenvalue weighted by Gasteiger charge is -2.33. The fourth-order valence-corrected chi connectivity index (χ4v) is 3.90. The Morgan fingerprint density at radius 3 is 2.90 bits per heavy atom. The summed E-state index contributed by atoms with van der Waals surface area (Å²) in [6.45, 7) is 4.42. The fraction of sp³-hybridized carbons (Fsp3) is 0.476. The van der Waals surface area contributed by atoms with E-state index in [0.29, 0.717) is 23.3 Å². The molecule has 4 rings (SSSR count). The third-order valence-corrected chi connectivity index (χ3v) is 6.25. The Bertz CT molecular complexity index is 951. The molecule has 9 heteroatoms. The summed E-state index contributed by atoms with van der Waals surface area (Å²) in [7, 11) is 0. The van der Waals surface area contributed by atoms with Crippen molar-refractivity contribution >= 4 is 23.3 Å². The Morgan fingerprint density at radius 2 is 2.27 bits per heavy atom. The molecule has 0 saturated carbocycles. The fourth-order valence-electron chi connectivity index (χ4n) is 3.72. The maximum absolute atomic E-state index is 14.3. The zero-order chi connectivity index (χ0) is 21.3. The third kappa shape index (κ3) is 4.12. The molecule has 7 nitrogen and oxygen atoms in total. The lowest BCUT2D eigenvalue weighted by atomic mass is 9.98. The minimum Gasteiger partial charge on any atom is -0.356 e. The third-order valence-electron chi connectivity index (χ3n) is 5.85. The van der Waals surface area contributed by atoms with Crippen LogP contribution in [-0.2, 0) is 11.3 Å². The van der Waals surface area contributed by atoms with E-state index in [0.717, 1.165) is 42.0 Å². The molecule has 2 aliphatic heterocycles. The lowest BCUT2D eigenvalue weighted by molar-refractivity contribution is -0.136. The van der Waals surface area contributed by atoms with Crippen molar-refractivity contribution < 1.29 is 9.18 Å². The van der Waals surface area contributed by atoms with E-state index in [-0.39, 0.29) is 19.6 Å². The standard InChI is InChI=1S/C21H26ClFN6O/c1-13-2-3-15(6-17(13)22)18-26-8-16(9-27-20(30)21(23)11-25-12-21)19(28-18)29-5-4-14(7-24)10-29/h2-3,6,8,14,25H,4-5,7,9-12,24H2,1H3,(H,27,30). The van der Waals surface area contributed by atoms with Gasteiger partial charge in [-0.2, -0.15) is 0 Å². The number of carbonyl (C=O) groups excluding carboxylic acids is 1. The number of benzene rings is 1. The van der Waals surface area contributed by atoms with Crippen molar-refractivity contribution in [2.24, 2.45) is 11.7 Å². The van der Waals surface area contributed by atoms with Crippen molar-refractivity contribution in [3.63, 3.8) is 0 Å². The second kappa shape index (κ2) is 8.45. The van der Waals surface area contributed by atoms with Crippen LogP contribution < -0.4 is 21.3 Å². The molecule has 4 N–H and O–H groups in total. The Hall–Kier alpha value is -2.29. The van der Waals surface area contributed by atoms with Gasteiger partial charge in [0.05, 0.1) is 0 Å². The van der Waals surface area contributed by atoms with Crippen LogP contribution in [0.3, 0.4) is 0 Å². The summed E-state index contributed by atoms with van der Waals surface area (Å²) in [6.07, 6.45) is 2.68. The number of nitrogens with two attached hydrogens (primary N) is 1. The first-order chi connectivity index (χ1) is 14.4. The summed E-state index contributed by atoms with van der Waals surface area (Å²) in [4.78, 5) is 23.6. The summed E-state index contributed by atoms with van der Waals surface area (Å²) < 4.78 is 14.3. The maximum Gasteiger partial charge on any atom is 0.260 e. The largest absolute Gasteiger partial charge is 0.356 e. The molecular formula is C21H26ClFN6O. The monoisotopic (exact) mass is 432 g/mol. The van der Waals surface area contributed by atoms with Crippen molar-refractivity contribution in [3.8, 4) is 11.4 Å². The molecule has 0 aliphatic carbocycles. The Labute approximate surface area is 180 Å². The van der Waals surface area contributed by atoms with Crippen LogP contribution in [-0.4, -0.2) is 54.3 Å². The van der Waals surface area contributed by atoms with Crippen LogP contribution in [0.4, 0.5) is 10.2 Å². The van der Waals surface area contributed by atoms with Crippen molar-refractivity contribution in [3.05, 3.63) is 40.5 Å². The summed E-state index contributed by atoms with van der Waals surface area (Å²) >= 11 is 6.28. The highest BCUT2D eigenvalue weighted by Gasteiger charge is 2.44. The molecule has 1 aromatic carbocycles. The Balaban J connectivity index is 1.61. The minimum atomic E-state index is -1.84. The van der Waals surface area contributed by atoms with E-state index in [4.69, 9.17) is 22.3 Å². The summed E-state index contributed by atoms with van der Waals surface area (Å²) in [6, 6.07) is 5.72. The number of anilines is 1. The van der Waals surface area contributed by atoms with Gasteiger partial charge in [0.2, 0.25) is 5.67 Å². The molecule has 30 heavy (non-hydrogen) atoms. The average molecular weight is 433 g/mol. The molecule has 1 atom stereocenters. The van der Waals surface area contributed by atoms with Gasteiger partial charge >= 0.3 is 0 Å². The first kappa shape index (κ1) is 21.0. The van der Waals surface area contributed by atoms with Gasteiger partial charge in [0, 0.05) is 55.1 Å². The van der Waals surface area contributed by atoms with E-state index >= 15 is 0 Å². The predicted octanol–water partition coefficient (Wildman–Crippen LogP) is 1.82. The van der Waals surface area contributed by atoms with E-state index in [1.807, 2.05) is 25.1 Å². The van der Waals surface area contributed by atoms with E-state index in [1.165, 1.54) is 0 Å². The number of hydrogen-bond acceptors (Lipinski definition) is 6. The second-order valence-electron chi connectivity index (χ2n) is 8.09. The van der Waals surface area contributed by atoms with Crippen LogP contribution in [0.2, 0.25) is 5.02 Å². The number of nitrogens with one attached hydrogen (secondary N) is 2. The number of amides is 1. The molecule has 2 fully saturated rings. The molecule has 160 valence electrons. The summed E-state index contributed by atoms with van der Waals surface area (Å²) in [5.74, 6) is 1.09. The molecule has 0 bridgehead atoms. The number of halogens is 2. The van der Waals surface area contributed by atoms with Crippen molar-refractivity contribution in [1.82, 2.24) is 20.6 Å². The van der Waals surface area contributed by atoms with Gasteiger partial charge in [-0.1, -0.05) is 23.7 Å². The highest BCUT2D eigenvalue weighted by Crippen LogP contribution is 2.29. The van der Waals surface area contributed by atoms with Gasteiger partial charge < -0.3 is 21.3 Å². The summed E-state index contributed by atoms with van der Waals surface area (Å²) in [5.41, 5.74) is 6.57. The van der Waals surface area contributed by atoms with Gasteiger partial charge in [-0.3, -0.25) is 4.79 Å². The first-order valence-corrected chi connectivity index (χ1v) is 10.5. The number of carbonyl (C=O) groups is 1. The molecule has 0 spiro atoms. The topological polar surface area (TPSA) is 96.2 Å². The molecular weight excluding hydrogens is 407 g/mol. The number of nitrogens with zero attached hydrogens (tertiary/aromatic N) is 3. The maximum atomic E-state index is 14.3. The van der Waals surface area contributed by atoms with Crippen molar-refractivity contribution in [1.29, 1.82) is 0 Å². The smallest absolute Gasteiger partial charge is 0.260 e. The summed E-state index contributed by atoms with van der Waals surface area (Å²) in [5, 5.41) is 6.14. The molecule has 2 saturated heterocycles. The van der Waals surface area contributed by atoms with E-state index in [9.17, 15) is 9.18 Å². The van der Waals surface area contributed by atoms with Gasteiger partial charge in [0.25, 0.3) is 5.91 Å². The lowest BCUT2D eigenvalue weighted by Crippen LogP contribution is -2.64. The molecule has 3 heterocycles. The Morgan fingerprint density at radius 1 is 1.47 bits per heavy atom. The van der Waals surface area contributed by atoms with Crippen LogP contribution in [0, 0.1) is 12.8 Å². The molecule has 2 aromatic rings. The van der Waals surface area contributed by atoms with Crippen LogP contribution >= 0.6 is 11.6 Å². The normalized spacial score (nSPS) is 20.1. The van der Waals surface area contributed by atoms with Gasteiger partial charge in [0.1, 0.15) is 5.82 Å². The predicted molar refractivity (Wildman–Crippen MR) is 115 cm³/mol. The zero-order valence-electron chi connectivity index (χ0n) is 16.9. The molecule has 0 radical (unpaired) electrons. The highest BCUT2D eigenvalue weighted by molar-refractivity contribution is 6.31. The number of alkyl halides is 1. The van der Waals surface area contributed by atoms with Gasteiger partial charge in [-0.05, 0) is 37.4 Å². The van der Waals surface area contributed by atoms with Crippen LogP contribution in [0.15, 0.2) is 24.4 Å². The van der Waals surface area contributed by atoms with E-state index in [1.54, 1.807) is 6.20 Å². The molecule has 1 unspecified atom stereocenters. The van der Waals surface area contributed by atoms with E-state index < -0.39 is 11.6 Å². The number of aryl methyl sites for hydroxylation is 1. The molecule has 1 aromatic heterocycles. The highest BCUT2D eigenvalue weighted by atomic mass is 35.5. The number of rotatable bonds is 6. The van der Waals surface area contributed by atoms with Crippen molar-refractivity contribution in [2.75, 3.05) is 37.6 Å². The Kier molecular flexibility index (Phi) is 5.90. The quantitative estimate of drug-likeness (QED) is 0.644. The zero-order valence-corrected chi connectivity index (χ0v) is 17.7. The van der Waals surface area contributed by atoms with E-state index in [2.05, 4.69) is 20.5 Å². The van der Waals surface area contributed by atoms with Gasteiger partial charge in [-0.25, -0.2) is 14.4 Å². The average Bonchev–Trinajstić information content (AvgIpc) is 3.21. The minimum absolute atomic E-state index is 0.0413. The van der Waals surface area contributed by atoms with Gasteiger partial charge in [0.15, 0.2) is 5.82 Å². The van der Waals surface area contributed by atoms with Crippen molar-refractivity contribution in [2.45, 2.75) is 25.6 Å². The number of hydrogen-bond donors (Lipinski definition) is 3. The van der Waals surface area contributed by atoms with Crippen LogP contribution in [0.5, 0.6) is 0 Å². The van der Waals surface area contributed by atoms with Crippen LogP contribution in [0.25, 0.3) is 11.4 Å². The first-order valence-electron chi connectivity index (χ1n) is 10.1. The van der Waals surface area contributed by atoms with Crippen LogP contribution in [0.1, 0.15) is 17.5 Å². The molecule has 2 aliphatic rings. The SMILES string of the molecule is Cc1ccc(-c2ncc(CNC(=O)C3(F)CNC3)c(N3CCC(CN)C3)n2)cc1Cl.